The highest BCUT2D eigenvalue weighted by molar-refractivity contribution is 5.73. The summed E-state index contributed by atoms with van der Waals surface area (Å²) in [7, 11) is 1.79. The molecule has 0 spiro atoms. The van der Waals surface area contributed by atoms with Crippen molar-refractivity contribution in [2.24, 2.45) is 0 Å². The molecule has 0 bridgehead atoms. The van der Waals surface area contributed by atoms with Crippen LogP contribution < -0.4 is 0 Å². The molecule has 10 heavy (non-hydrogen) atoms. The summed E-state index contributed by atoms with van der Waals surface area (Å²) in [6.45, 7) is 1.66. The van der Waals surface area contributed by atoms with Gasteiger partial charge in [0.25, 0.3) is 0 Å². The van der Waals surface area contributed by atoms with Gasteiger partial charge in [0.05, 0.1) is 13.2 Å². The van der Waals surface area contributed by atoms with Crippen LogP contribution in [0.1, 0.15) is 0 Å². The third-order valence-corrected chi connectivity index (χ3v) is 1.68. The Balaban J connectivity index is 2.47. The highest BCUT2D eigenvalue weighted by atomic mass is 16.5. The molecule has 1 rings (SSSR count). The number of carbonyl (C=O) groups is 1. The van der Waals surface area contributed by atoms with Crippen molar-refractivity contribution >= 4 is 5.97 Å². The zero-order chi connectivity index (χ0) is 7.56. The Morgan fingerprint density at radius 1 is 1.80 bits per heavy atom. The molecule has 0 amide bonds. The molecule has 0 saturated carbocycles. The van der Waals surface area contributed by atoms with E-state index >= 15 is 0 Å². The summed E-state index contributed by atoms with van der Waals surface area (Å²) in [5, 5.41) is 8.59. The van der Waals surface area contributed by atoms with Gasteiger partial charge in [0.2, 0.25) is 0 Å². The smallest absolute Gasteiger partial charge is 0.323 e. The molecule has 58 valence electrons. The van der Waals surface area contributed by atoms with Crippen LogP contribution in [0.3, 0.4) is 0 Å². The fourth-order valence-electron chi connectivity index (χ4n) is 0.946. The number of hydrogen-bond donors (Lipinski definition) is 1. The number of hydrogen-bond acceptors (Lipinski definition) is 3. The number of nitrogens with zero attached hydrogens (tertiary/aromatic N) is 1. The molecule has 1 unspecified atom stereocenters. The van der Waals surface area contributed by atoms with Gasteiger partial charge in [-0.15, -0.1) is 0 Å². The van der Waals surface area contributed by atoms with E-state index in [-0.39, 0.29) is 0 Å². The normalized spacial score (nSPS) is 28.3. The zero-order valence-corrected chi connectivity index (χ0v) is 5.91. The first-order valence-electron chi connectivity index (χ1n) is 3.22. The van der Waals surface area contributed by atoms with Gasteiger partial charge >= 0.3 is 5.97 Å². The Morgan fingerprint density at radius 2 is 2.50 bits per heavy atom. The van der Waals surface area contributed by atoms with Crippen LogP contribution in [0.15, 0.2) is 0 Å². The minimum absolute atomic E-state index is 0.311. The molecular weight excluding hydrogens is 134 g/mol. The second-order valence-corrected chi connectivity index (χ2v) is 2.41. The van der Waals surface area contributed by atoms with Gasteiger partial charge in [0.1, 0.15) is 6.04 Å². The molecule has 1 aliphatic rings. The number of carboxylic acids is 1. The molecule has 1 N–H and O–H groups in total. The van der Waals surface area contributed by atoms with Gasteiger partial charge in [-0.3, -0.25) is 9.69 Å². The van der Waals surface area contributed by atoms with Gasteiger partial charge in [0.15, 0.2) is 0 Å². The lowest BCUT2D eigenvalue weighted by molar-refractivity contribution is -0.148. The Hall–Kier alpha value is -0.610. The number of likely N-dealkylation sites (N-methyl/N-ethyl adjacent to an activating group) is 1. The quantitative estimate of drug-likeness (QED) is 0.535. The van der Waals surface area contributed by atoms with Crippen LogP contribution in [0.25, 0.3) is 0 Å². The standard InChI is InChI=1S/C6H11NO3/c1-7-2-3-10-4-5(7)6(8)9/h5H,2-4H2,1H3,(H,8,9). The predicted molar refractivity (Wildman–Crippen MR) is 34.9 cm³/mol. The second kappa shape index (κ2) is 2.98. The summed E-state index contributed by atoms with van der Waals surface area (Å²) in [5.74, 6) is -0.804. The molecule has 1 aliphatic heterocycles. The van der Waals surface area contributed by atoms with Crippen LogP contribution in [0.5, 0.6) is 0 Å². The molecule has 1 atom stereocenters. The zero-order valence-electron chi connectivity index (χ0n) is 5.91. The third kappa shape index (κ3) is 1.46. The van der Waals surface area contributed by atoms with E-state index < -0.39 is 12.0 Å². The molecule has 0 radical (unpaired) electrons. The monoisotopic (exact) mass is 145 g/mol. The molecule has 4 nitrogen and oxygen atoms in total. The van der Waals surface area contributed by atoms with E-state index in [1.165, 1.54) is 0 Å². The van der Waals surface area contributed by atoms with Crippen molar-refractivity contribution in [3.05, 3.63) is 0 Å². The maximum absolute atomic E-state index is 10.4. The topological polar surface area (TPSA) is 49.8 Å². The number of rotatable bonds is 1. The molecule has 1 saturated heterocycles. The highest BCUT2D eigenvalue weighted by Gasteiger charge is 2.25. The van der Waals surface area contributed by atoms with Crippen LogP contribution in [-0.2, 0) is 9.53 Å². The summed E-state index contributed by atoms with van der Waals surface area (Å²) in [4.78, 5) is 12.2. The van der Waals surface area contributed by atoms with Gasteiger partial charge in [-0.2, -0.15) is 0 Å². The SMILES string of the molecule is CN1CCOCC1C(=O)O. The lowest BCUT2D eigenvalue weighted by atomic mass is 10.2. The van der Waals surface area contributed by atoms with Crippen molar-refractivity contribution in [1.29, 1.82) is 0 Å². The molecule has 0 aromatic carbocycles. The van der Waals surface area contributed by atoms with Crippen molar-refractivity contribution in [3.8, 4) is 0 Å². The summed E-state index contributed by atoms with van der Waals surface area (Å²) >= 11 is 0. The summed E-state index contributed by atoms with van der Waals surface area (Å²) < 4.78 is 4.99. The van der Waals surface area contributed by atoms with Crippen LogP contribution in [-0.4, -0.2) is 48.8 Å². The fraction of sp³-hybridized carbons (Fsp3) is 0.833. The number of carboxylic acid groups (broad SMARTS) is 1. The van der Waals surface area contributed by atoms with E-state index in [4.69, 9.17) is 9.84 Å². The third-order valence-electron chi connectivity index (χ3n) is 1.68. The number of aliphatic carboxylic acids is 1. The Labute approximate surface area is 59.4 Å². The van der Waals surface area contributed by atoms with E-state index in [1.807, 2.05) is 0 Å². The second-order valence-electron chi connectivity index (χ2n) is 2.41. The van der Waals surface area contributed by atoms with Crippen LogP contribution >= 0.6 is 0 Å². The first-order valence-corrected chi connectivity index (χ1v) is 3.22. The number of morpholine rings is 1. The van der Waals surface area contributed by atoms with Crippen LogP contribution in [0, 0.1) is 0 Å². The van der Waals surface area contributed by atoms with Crippen molar-refractivity contribution in [3.63, 3.8) is 0 Å². The molecular formula is C6H11NO3. The molecule has 1 heterocycles. The fourth-order valence-corrected chi connectivity index (χ4v) is 0.946. The molecule has 0 aromatic heterocycles. The Morgan fingerprint density at radius 3 is 2.90 bits per heavy atom. The molecule has 4 heteroatoms. The van der Waals surface area contributed by atoms with Crippen LogP contribution in [0.4, 0.5) is 0 Å². The van der Waals surface area contributed by atoms with Gasteiger partial charge in [-0.05, 0) is 7.05 Å². The minimum atomic E-state index is -0.804. The lowest BCUT2D eigenvalue weighted by Crippen LogP contribution is -2.47. The van der Waals surface area contributed by atoms with E-state index in [9.17, 15) is 4.79 Å². The minimum Gasteiger partial charge on any atom is -0.480 e. The van der Waals surface area contributed by atoms with Crippen LogP contribution in [0.2, 0.25) is 0 Å². The van der Waals surface area contributed by atoms with Gasteiger partial charge in [-0.1, -0.05) is 0 Å². The van der Waals surface area contributed by atoms with Crippen molar-refractivity contribution < 1.29 is 14.6 Å². The maximum Gasteiger partial charge on any atom is 0.323 e. The van der Waals surface area contributed by atoms with Crippen molar-refractivity contribution in [2.45, 2.75) is 6.04 Å². The highest BCUT2D eigenvalue weighted by Crippen LogP contribution is 2.02. The Bertz CT molecular complexity index is 137. The van der Waals surface area contributed by atoms with E-state index in [0.29, 0.717) is 19.8 Å². The van der Waals surface area contributed by atoms with E-state index in [1.54, 1.807) is 11.9 Å². The first-order chi connectivity index (χ1) is 4.72. The van der Waals surface area contributed by atoms with Gasteiger partial charge < -0.3 is 9.84 Å². The Kier molecular flexibility index (Phi) is 2.24. The average Bonchev–Trinajstić information content (AvgIpc) is 1.88. The number of ether oxygens (including phenoxy) is 1. The summed E-state index contributed by atoms with van der Waals surface area (Å²) in [6, 6.07) is -0.450. The van der Waals surface area contributed by atoms with E-state index in [2.05, 4.69) is 0 Å². The van der Waals surface area contributed by atoms with Crippen molar-refractivity contribution in [2.75, 3.05) is 26.8 Å². The lowest BCUT2D eigenvalue weighted by Gasteiger charge is -2.28. The molecule has 0 aromatic rings. The van der Waals surface area contributed by atoms with E-state index in [0.717, 1.165) is 0 Å². The first kappa shape index (κ1) is 7.50. The van der Waals surface area contributed by atoms with Crippen molar-refractivity contribution in [1.82, 2.24) is 4.90 Å². The largest absolute Gasteiger partial charge is 0.480 e. The average molecular weight is 145 g/mol. The molecule has 0 aliphatic carbocycles. The molecule has 1 fully saturated rings. The van der Waals surface area contributed by atoms with Gasteiger partial charge in [-0.25, -0.2) is 0 Å². The maximum atomic E-state index is 10.4. The predicted octanol–water partition coefficient (Wildman–Crippen LogP) is -0.598. The van der Waals surface area contributed by atoms with Gasteiger partial charge in [0, 0.05) is 6.54 Å². The summed E-state index contributed by atoms with van der Waals surface area (Å²) in [6.07, 6.45) is 0. The summed E-state index contributed by atoms with van der Waals surface area (Å²) in [5.41, 5.74) is 0.